The lowest BCUT2D eigenvalue weighted by atomic mass is 9.98. The highest BCUT2D eigenvalue weighted by Crippen LogP contribution is 2.21. The van der Waals surface area contributed by atoms with Crippen LogP contribution in [0, 0.1) is 6.92 Å². The highest BCUT2D eigenvalue weighted by Gasteiger charge is 2.12. The normalized spacial score (nSPS) is 12.1. The minimum Gasteiger partial charge on any atom is -0.497 e. The number of pyridine rings is 1. The molecule has 0 fully saturated rings. The van der Waals surface area contributed by atoms with Crippen LogP contribution in [0.4, 0.5) is 0 Å². The van der Waals surface area contributed by atoms with Crippen LogP contribution in [0.1, 0.15) is 36.2 Å². The molecule has 3 heteroatoms. The van der Waals surface area contributed by atoms with Crippen molar-refractivity contribution in [2.75, 3.05) is 13.7 Å². The van der Waals surface area contributed by atoms with Gasteiger partial charge in [-0.1, -0.05) is 19.1 Å². The molecule has 1 aromatic heterocycles. The van der Waals surface area contributed by atoms with Crippen LogP contribution in [-0.4, -0.2) is 18.6 Å². The lowest BCUT2D eigenvalue weighted by molar-refractivity contribution is 0.413. The fraction of sp³-hybridized carbons (Fsp3) is 0.389. The summed E-state index contributed by atoms with van der Waals surface area (Å²) >= 11 is 0. The molecule has 0 radical (unpaired) electrons. The summed E-state index contributed by atoms with van der Waals surface area (Å²) in [6.07, 6.45) is 3.95. The fourth-order valence-corrected chi connectivity index (χ4v) is 2.45. The molecular formula is C18H24N2O. The average molecular weight is 284 g/mol. The van der Waals surface area contributed by atoms with Crippen molar-refractivity contribution in [3.63, 3.8) is 0 Å². The first-order chi connectivity index (χ1) is 10.2. The number of aryl methyl sites for hydroxylation is 1. The summed E-state index contributed by atoms with van der Waals surface area (Å²) in [6, 6.07) is 12.8. The van der Waals surface area contributed by atoms with Crippen molar-refractivity contribution in [1.29, 1.82) is 0 Å². The van der Waals surface area contributed by atoms with E-state index >= 15 is 0 Å². The van der Waals surface area contributed by atoms with Crippen molar-refractivity contribution in [2.24, 2.45) is 0 Å². The van der Waals surface area contributed by atoms with Gasteiger partial charge in [-0.05, 0) is 61.7 Å². The molecule has 0 aliphatic heterocycles. The van der Waals surface area contributed by atoms with Gasteiger partial charge in [0.1, 0.15) is 5.75 Å². The third-order valence-electron chi connectivity index (χ3n) is 3.54. The summed E-state index contributed by atoms with van der Waals surface area (Å²) in [5, 5.41) is 3.63. The average Bonchev–Trinajstić information content (AvgIpc) is 2.51. The molecule has 2 aromatic rings. The van der Waals surface area contributed by atoms with Crippen LogP contribution in [-0.2, 0) is 6.42 Å². The summed E-state index contributed by atoms with van der Waals surface area (Å²) in [5.74, 6) is 0.910. The first-order valence-corrected chi connectivity index (χ1v) is 7.51. The second-order valence-corrected chi connectivity index (χ2v) is 5.29. The van der Waals surface area contributed by atoms with E-state index in [2.05, 4.69) is 41.5 Å². The van der Waals surface area contributed by atoms with Gasteiger partial charge in [-0.3, -0.25) is 4.98 Å². The number of aromatic nitrogens is 1. The van der Waals surface area contributed by atoms with E-state index in [1.54, 1.807) is 7.11 Å². The number of nitrogens with zero attached hydrogens (tertiary/aromatic N) is 1. The summed E-state index contributed by atoms with van der Waals surface area (Å²) in [5.41, 5.74) is 3.62. The molecule has 1 atom stereocenters. The fourth-order valence-electron chi connectivity index (χ4n) is 2.45. The summed E-state index contributed by atoms with van der Waals surface area (Å²) in [7, 11) is 1.71. The second kappa shape index (κ2) is 7.79. The molecule has 1 N–H and O–H groups in total. The van der Waals surface area contributed by atoms with Gasteiger partial charge in [0, 0.05) is 17.9 Å². The largest absolute Gasteiger partial charge is 0.497 e. The van der Waals surface area contributed by atoms with Crippen molar-refractivity contribution in [3.8, 4) is 5.75 Å². The number of benzene rings is 1. The minimum atomic E-state index is 0.304. The zero-order valence-electron chi connectivity index (χ0n) is 13.1. The molecule has 2 rings (SSSR count). The lowest BCUT2D eigenvalue weighted by Crippen LogP contribution is -2.24. The maximum Gasteiger partial charge on any atom is 0.119 e. The van der Waals surface area contributed by atoms with Crippen LogP contribution in [0.5, 0.6) is 5.75 Å². The standard InChI is InChI=1S/C18H24N2O/c1-4-9-20-18(16-8-10-19-14(2)11-16)13-15-6-5-7-17(12-15)21-3/h5-8,10-12,18,20H,4,9,13H2,1-3H3. The predicted molar refractivity (Wildman–Crippen MR) is 86.7 cm³/mol. The van der Waals surface area contributed by atoms with E-state index in [9.17, 15) is 0 Å². The van der Waals surface area contributed by atoms with E-state index in [1.165, 1.54) is 11.1 Å². The third kappa shape index (κ3) is 4.57. The Bertz CT molecular complexity index is 569. The van der Waals surface area contributed by atoms with Crippen molar-refractivity contribution >= 4 is 0 Å². The van der Waals surface area contributed by atoms with Crippen molar-refractivity contribution < 1.29 is 4.74 Å². The van der Waals surface area contributed by atoms with E-state index in [1.807, 2.05) is 25.3 Å². The van der Waals surface area contributed by atoms with Gasteiger partial charge in [-0.2, -0.15) is 0 Å². The van der Waals surface area contributed by atoms with E-state index in [4.69, 9.17) is 4.74 Å². The zero-order valence-corrected chi connectivity index (χ0v) is 13.1. The Hall–Kier alpha value is -1.87. The van der Waals surface area contributed by atoms with Crippen molar-refractivity contribution in [1.82, 2.24) is 10.3 Å². The molecular weight excluding hydrogens is 260 g/mol. The zero-order chi connectivity index (χ0) is 15.1. The smallest absolute Gasteiger partial charge is 0.119 e. The van der Waals surface area contributed by atoms with Gasteiger partial charge in [0.05, 0.1) is 7.11 Å². The van der Waals surface area contributed by atoms with E-state index in [0.717, 1.165) is 30.8 Å². The van der Waals surface area contributed by atoms with Crippen LogP contribution in [0.15, 0.2) is 42.6 Å². The van der Waals surface area contributed by atoms with Crippen LogP contribution >= 0.6 is 0 Å². The summed E-state index contributed by atoms with van der Waals surface area (Å²) < 4.78 is 5.31. The van der Waals surface area contributed by atoms with E-state index in [0.29, 0.717) is 6.04 Å². The van der Waals surface area contributed by atoms with Crippen LogP contribution in [0.2, 0.25) is 0 Å². The molecule has 0 bridgehead atoms. The number of ether oxygens (including phenoxy) is 1. The molecule has 1 heterocycles. The molecule has 0 amide bonds. The topological polar surface area (TPSA) is 34.1 Å². The van der Waals surface area contributed by atoms with Gasteiger partial charge in [0.25, 0.3) is 0 Å². The third-order valence-corrected chi connectivity index (χ3v) is 3.54. The number of nitrogens with one attached hydrogen (secondary N) is 1. The number of hydrogen-bond donors (Lipinski definition) is 1. The molecule has 0 aliphatic rings. The van der Waals surface area contributed by atoms with Gasteiger partial charge in [-0.15, -0.1) is 0 Å². The highest BCUT2D eigenvalue weighted by atomic mass is 16.5. The minimum absolute atomic E-state index is 0.304. The van der Waals surface area contributed by atoms with Crippen molar-refractivity contribution in [2.45, 2.75) is 32.7 Å². The number of methoxy groups -OCH3 is 1. The van der Waals surface area contributed by atoms with E-state index in [-0.39, 0.29) is 0 Å². The Morgan fingerprint density at radius 3 is 2.81 bits per heavy atom. The summed E-state index contributed by atoms with van der Waals surface area (Å²) in [6.45, 7) is 5.23. The van der Waals surface area contributed by atoms with Gasteiger partial charge in [0.2, 0.25) is 0 Å². The molecule has 0 spiro atoms. The molecule has 0 aliphatic carbocycles. The first kappa shape index (κ1) is 15.5. The van der Waals surface area contributed by atoms with E-state index < -0.39 is 0 Å². The highest BCUT2D eigenvalue weighted by molar-refractivity contribution is 5.30. The quantitative estimate of drug-likeness (QED) is 0.842. The molecule has 0 saturated carbocycles. The predicted octanol–water partition coefficient (Wildman–Crippen LogP) is 3.68. The number of hydrogen-bond acceptors (Lipinski definition) is 3. The van der Waals surface area contributed by atoms with Gasteiger partial charge >= 0.3 is 0 Å². The first-order valence-electron chi connectivity index (χ1n) is 7.51. The lowest BCUT2D eigenvalue weighted by Gasteiger charge is -2.20. The molecule has 1 aromatic carbocycles. The van der Waals surface area contributed by atoms with Crippen LogP contribution < -0.4 is 10.1 Å². The number of rotatable bonds is 7. The Balaban J connectivity index is 2.19. The SMILES string of the molecule is CCCNC(Cc1cccc(OC)c1)c1ccnc(C)c1. The molecule has 21 heavy (non-hydrogen) atoms. The van der Waals surface area contributed by atoms with Gasteiger partial charge in [0.15, 0.2) is 0 Å². The molecule has 3 nitrogen and oxygen atoms in total. The summed E-state index contributed by atoms with van der Waals surface area (Å²) in [4.78, 5) is 4.29. The van der Waals surface area contributed by atoms with Crippen molar-refractivity contribution in [3.05, 3.63) is 59.4 Å². The monoisotopic (exact) mass is 284 g/mol. The Morgan fingerprint density at radius 2 is 2.10 bits per heavy atom. The Morgan fingerprint density at radius 1 is 1.24 bits per heavy atom. The maximum atomic E-state index is 5.31. The molecule has 112 valence electrons. The Labute approximate surface area is 127 Å². The van der Waals surface area contributed by atoms with Crippen LogP contribution in [0.25, 0.3) is 0 Å². The molecule has 0 saturated heterocycles. The van der Waals surface area contributed by atoms with Gasteiger partial charge < -0.3 is 10.1 Å². The van der Waals surface area contributed by atoms with Crippen LogP contribution in [0.3, 0.4) is 0 Å². The van der Waals surface area contributed by atoms with Gasteiger partial charge in [-0.25, -0.2) is 0 Å². The Kier molecular flexibility index (Phi) is 5.76. The molecule has 1 unspecified atom stereocenters. The maximum absolute atomic E-state index is 5.31. The second-order valence-electron chi connectivity index (χ2n) is 5.29.